The highest BCUT2D eigenvalue weighted by molar-refractivity contribution is 5.82. The highest BCUT2D eigenvalue weighted by atomic mass is 16.2. The van der Waals surface area contributed by atoms with Crippen LogP contribution in [0.25, 0.3) is 0 Å². The molecule has 4 heteroatoms. The van der Waals surface area contributed by atoms with Crippen molar-refractivity contribution in [2.45, 2.75) is 52.7 Å². The third-order valence-corrected chi connectivity index (χ3v) is 3.52. The minimum Gasteiger partial charge on any atom is -0.335 e. The van der Waals surface area contributed by atoms with Gasteiger partial charge < -0.3 is 10.6 Å². The van der Waals surface area contributed by atoms with Crippen LogP contribution in [0.2, 0.25) is 0 Å². The Kier molecular flexibility index (Phi) is 5.96. The summed E-state index contributed by atoms with van der Waals surface area (Å²) >= 11 is 0. The number of amides is 1. The van der Waals surface area contributed by atoms with Gasteiger partial charge in [0.05, 0.1) is 6.04 Å². The van der Waals surface area contributed by atoms with Crippen molar-refractivity contribution in [2.75, 3.05) is 0 Å². The van der Waals surface area contributed by atoms with Gasteiger partial charge in [0.1, 0.15) is 0 Å². The fourth-order valence-corrected chi connectivity index (χ4v) is 1.89. The number of aromatic nitrogens is 1. The van der Waals surface area contributed by atoms with E-state index < -0.39 is 6.04 Å². The second-order valence-electron chi connectivity index (χ2n) is 5.33. The smallest absolute Gasteiger partial charge is 0.240 e. The maximum Gasteiger partial charge on any atom is 0.240 e. The van der Waals surface area contributed by atoms with Crippen LogP contribution in [0, 0.1) is 5.92 Å². The molecule has 0 aliphatic carbocycles. The molecule has 2 N–H and O–H groups in total. The zero-order chi connectivity index (χ0) is 14.4. The lowest BCUT2D eigenvalue weighted by molar-refractivity contribution is -0.136. The molecule has 0 aliphatic rings. The van der Waals surface area contributed by atoms with E-state index in [2.05, 4.69) is 11.9 Å². The molecule has 0 saturated heterocycles. The van der Waals surface area contributed by atoms with Gasteiger partial charge in [-0.25, -0.2) is 0 Å². The fraction of sp³-hybridized carbons (Fsp3) is 0.600. The van der Waals surface area contributed by atoms with Crippen LogP contribution < -0.4 is 5.73 Å². The van der Waals surface area contributed by atoms with E-state index in [1.165, 1.54) is 0 Å². The number of nitrogens with two attached hydrogens (primary N) is 1. The molecule has 0 bridgehead atoms. The number of hydrogen-bond donors (Lipinski definition) is 1. The first kappa shape index (κ1) is 15.6. The Morgan fingerprint density at radius 3 is 2.58 bits per heavy atom. The van der Waals surface area contributed by atoms with Crippen LogP contribution >= 0.6 is 0 Å². The average Bonchev–Trinajstić information content (AvgIpc) is 2.43. The van der Waals surface area contributed by atoms with Crippen molar-refractivity contribution in [3.63, 3.8) is 0 Å². The summed E-state index contributed by atoms with van der Waals surface area (Å²) in [5.41, 5.74) is 7.09. The predicted octanol–water partition coefficient (Wildman–Crippen LogP) is 2.19. The molecule has 19 heavy (non-hydrogen) atoms. The first-order valence-corrected chi connectivity index (χ1v) is 6.92. The molecule has 1 aromatic rings. The molecule has 0 aliphatic heterocycles. The Hall–Kier alpha value is -1.42. The highest BCUT2D eigenvalue weighted by Crippen LogP contribution is 2.13. The Bertz CT molecular complexity index is 392. The zero-order valence-corrected chi connectivity index (χ0v) is 12.3. The molecule has 0 saturated carbocycles. The summed E-state index contributed by atoms with van der Waals surface area (Å²) in [5.74, 6) is 0.218. The third kappa shape index (κ3) is 4.31. The summed E-state index contributed by atoms with van der Waals surface area (Å²) in [6.45, 7) is 8.66. The molecule has 0 aromatic carbocycles. The molecular weight excluding hydrogens is 238 g/mol. The fourth-order valence-electron chi connectivity index (χ4n) is 1.89. The van der Waals surface area contributed by atoms with Gasteiger partial charge in [-0.2, -0.15) is 0 Å². The normalized spacial score (nSPS) is 14.2. The van der Waals surface area contributed by atoms with Crippen LogP contribution in [-0.4, -0.2) is 27.9 Å². The zero-order valence-electron chi connectivity index (χ0n) is 12.3. The van der Waals surface area contributed by atoms with Crippen molar-refractivity contribution in [3.8, 4) is 0 Å². The van der Waals surface area contributed by atoms with Gasteiger partial charge in [0, 0.05) is 25.0 Å². The Morgan fingerprint density at radius 1 is 1.42 bits per heavy atom. The lowest BCUT2D eigenvalue weighted by atomic mass is 9.98. The van der Waals surface area contributed by atoms with Gasteiger partial charge in [-0.15, -0.1) is 0 Å². The lowest BCUT2D eigenvalue weighted by Crippen LogP contribution is -2.49. The highest BCUT2D eigenvalue weighted by Gasteiger charge is 2.26. The monoisotopic (exact) mass is 263 g/mol. The topological polar surface area (TPSA) is 59.2 Å². The second-order valence-corrected chi connectivity index (χ2v) is 5.33. The quantitative estimate of drug-likeness (QED) is 0.856. The first-order chi connectivity index (χ1) is 8.97. The van der Waals surface area contributed by atoms with Crippen molar-refractivity contribution in [2.24, 2.45) is 11.7 Å². The van der Waals surface area contributed by atoms with Crippen molar-refractivity contribution < 1.29 is 4.79 Å². The van der Waals surface area contributed by atoms with E-state index in [4.69, 9.17) is 5.73 Å². The van der Waals surface area contributed by atoms with Crippen molar-refractivity contribution in [3.05, 3.63) is 30.1 Å². The maximum absolute atomic E-state index is 12.5. The molecule has 1 aromatic heterocycles. The van der Waals surface area contributed by atoms with Gasteiger partial charge in [-0.1, -0.05) is 26.3 Å². The van der Waals surface area contributed by atoms with E-state index in [-0.39, 0.29) is 17.9 Å². The van der Waals surface area contributed by atoms with Gasteiger partial charge in [0.25, 0.3) is 0 Å². The number of nitrogens with zero attached hydrogens (tertiary/aromatic N) is 2. The minimum absolute atomic E-state index is 0.0215. The first-order valence-electron chi connectivity index (χ1n) is 6.92. The third-order valence-electron chi connectivity index (χ3n) is 3.52. The summed E-state index contributed by atoms with van der Waals surface area (Å²) < 4.78 is 0. The Balaban J connectivity index is 2.80. The predicted molar refractivity (Wildman–Crippen MR) is 77.4 cm³/mol. The van der Waals surface area contributed by atoms with Crippen LogP contribution in [0.4, 0.5) is 0 Å². The second kappa shape index (κ2) is 7.24. The van der Waals surface area contributed by atoms with Crippen LogP contribution in [0.3, 0.4) is 0 Å². The Labute approximate surface area is 116 Å². The molecule has 1 unspecified atom stereocenters. The van der Waals surface area contributed by atoms with Gasteiger partial charge in [0.2, 0.25) is 5.91 Å². The Morgan fingerprint density at radius 2 is 2.11 bits per heavy atom. The van der Waals surface area contributed by atoms with E-state index >= 15 is 0 Å². The molecule has 106 valence electrons. The average molecular weight is 263 g/mol. The van der Waals surface area contributed by atoms with Crippen molar-refractivity contribution >= 4 is 5.91 Å². The van der Waals surface area contributed by atoms with Crippen LogP contribution in [-0.2, 0) is 11.3 Å². The molecule has 1 amide bonds. The SMILES string of the molecule is CCC(C)[C@H](N)C(=O)N(Cc1cccnc1)C(C)C. The molecule has 0 spiro atoms. The van der Waals surface area contributed by atoms with Gasteiger partial charge in [-0.05, 0) is 31.4 Å². The molecule has 0 radical (unpaired) electrons. The summed E-state index contributed by atoms with van der Waals surface area (Å²) in [6, 6.07) is 3.56. The molecule has 2 atom stereocenters. The van der Waals surface area contributed by atoms with Gasteiger partial charge in [-0.3, -0.25) is 9.78 Å². The number of hydrogen-bond acceptors (Lipinski definition) is 3. The number of pyridine rings is 1. The van der Waals surface area contributed by atoms with Gasteiger partial charge in [0.15, 0.2) is 0 Å². The number of carbonyl (C=O) groups is 1. The van der Waals surface area contributed by atoms with E-state index in [0.717, 1.165) is 12.0 Å². The molecule has 1 heterocycles. The molecule has 0 fully saturated rings. The van der Waals surface area contributed by atoms with Crippen molar-refractivity contribution in [1.29, 1.82) is 0 Å². The number of rotatable bonds is 6. The van der Waals surface area contributed by atoms with Crippen LogP contribution in [0.15, 0.2) is 24.5 Å². The van der Waals surface area contributed by atoms with E-state index in [1.54, 1.807) is 12.4 Å². The van der Waals surface area contributed by atoms with Gasteiger partial charge >= 0.3 is 0 Å². The molecular formula is C15H25N3O. The van der Waals surface area contributed by atoms with E-state index in [0.29, 0.717) is 6.54 Å². The minimum atomic E-state index is -0.427. The lowest BCUT2D eigenvalue weighted by Gasteiger charge is -2.31. The summed E-state index contributed by atoms with van der Waals surface area (Å²) in [7, 11) is 0. The standard InChI is InChI=1S/C15H25N3O/c1-5-12(4)14(16)15(19)18(11(2)3)10-13-7-6-8-17-9-13/h6-9,11-12,14H,5,10,16H2,1-4H3/t12?,14-/m0/s1. The maximum atomic E-state index is 12.5. The number of carbonyl (C=O) groups excluding carboxylic acids is 1. The van der Waals surface area contributed by atoms with E-state index in [1.807, 2.05) is 37.8 Å². The molecule has 4 nitrogen and oxygen atoms in total. The van der Waals surface area contributed by atoms with E-state index in [9.17, 15) is 4.79 Å². The van der Waals surface area contributed by atoms with Crippen LogP contribution in [0.5, 0.6) is 0 Å². The van der Waals surface area contributed by atoms with Crippen molar-refractivity contribution in [1.82, 2.24) is 9.88 Å². The van der Waals surface area contributed by atoms with Crippen LogP contribution in [0.1, 0.15) is 39.7 Å². The summed E-state index contributed by atoms with van der Waals surface area (Å²) in [5, 5.41) is 0. The molecule has 1 rings (SSSR count). The summed E-state index contributed by atoms with van der Waals surface area (Å²) in [4.78, 5) is 18.4. The summed E-state index contributed by atoms with van der Waals surface area (Å²) in [6.07, 6.45) is 4.43. The largest absolute Gasteiger partial charge is 0.335 e.